The molecular formula is C30H37ClFN7O3. The average Bonchev–Trinajstić information content (AvgIpc) is 2.96. The number of anilines is 1. The van der Waals surface area contributed by atoms with Crippen LogP contribution in [0.25, 0.3) is 11.3 Å². The summed E-state index contributed by atoms with van der Waals surface area (Å²) in [6.45, 7) is 12.3. The number of hydrogen-bond acceptors (Lipinski definition) is 7. The number of hydrogen-bond donors (Lipinski definition) is 2. The highest BCUT2D eigenvalue weighted by Gasteiger charge is 2.37. The summed E-state index contributed by atoms with van der Waals surface area (Å²) in [6.07, 6.45) is 5.11. The number of phenolic OH excluding ortho intramolecular Hbond substituents is 1. The molecule has 0 saturated carbocycles. The molecule has 0 bridgehead atoms. The molecule has 3 atom stereocenters. The Labute approximate surface area is 250 Å². The van der Waals surface area contributed by atoms with Gasteiger partial charge in [0.25, 0.3) is 0 Å². The molecule has 10 nitrogen and oxygen atoms in total. The number of nitrogens with zero attached hydrogens (tertiary/aromatic N) is 6. The molecule has 2 amide bonds. The predicted molar refractivity (Wildman–Crippen MR) is 166 cm³/mol. The second-order valence-corrected chi connectivity index (χ2v) is 10.7. The monoisotopic (exact) mass is 597 g/mol. The Morgan fingerprint density at radius 3 is 2.64 bits per heavy atom. The summed E-state index contributed by atoms with van der Waals surface area (Å²) in [7, 11) is 1.60. The minimum Gasteiger partial charge on any atom is -0.507 e. The number of benzene rings is 1. The van der Waals surface area contributed by atoms with Crippen LogP contribution >= 0.6 is 11.6 Å². The number of aromatic nitrogens is 1. The number of aliphatic imine (C=N–C) groups is 3. The summed E-state index contributed by atoms with van der Waals surface area (Å²) in [6, 6.07) is 4.27. The van der Waals surface area contributed by atoms with Crippen LogP contribution in [-0.2, 0) is 9.59 Å². The van der Waals surface area contributed by atoms with Crippen LogP contribution < -0.4 is 10.2 Å². The first-order valence-corrected chi connectivity index (χ1v) is 14.0. The number of aromatic hydroxyl groups is 1. The largest absolute Gasteiger partial charge is 0.507 e. The third-order valence-electron chi connectivity index (χ3n) is 7.10. The van der Waals surface area contributed by atoms with Gasteiger partial charge in [-0.25, -0.2) is 14.4 Å². The minimum atomic E-state index is -0.730. The van der Waals surface area contributed by atoms with Crippen molar-refractivity contribution < 1.29 is 19.1 Å². The van der Waals surface area contributed by atoms with E-state index >= 15 is 4.39 Å². The summed E-state index contributed by atoms with van der Waals surface area (Å²) in [4.78, 5) is 45.7. The summed E-state index contributed by atoms with van der Waals surface area (Å²) in [5.41, 5.74) is 0.782. The summed E-state index contributed by atoms with van der Waals surface area (Å²) in [5, 5.41) is 13.3. The number of amides is 2. The van der Waals surface area contributed by atoms with Crippen molar-refractivity contribution in [2.75, 3.05) is 25.0 Å². The first-order chi connectivity index (χ1) is 20.1. The standard InChI is InChI=1S/C30H37ClFN7O3/c1-7-8-12-38(19(4)14-34-16-40)29(33-6)21-13-22(31)27(25-23(32)10-9-11-24(25)42)37-30(21)39(17-41)28-20(5)35-15-36-26(28)18(2)3/h7,9-11,13,15-19,26,28,42H,1,8,12,14H2,2-6H3,(H,34,40). The van der Waals surface area contributed by atoms with Gasteiger partial charge in [-0.2, -0.15) is 0 Å². The molecule has 0 radical (unpaired) electrons. The van der Waals surface area contributed by atoms with Gasteiger partial charge in [-0.05, 0) is 44.4 Å². The van der Waals surface area contributed by atoms with E-state index in [-0.39, 0.29) is 45.8 Å². The topological polar surface area (TPSA) is 123 Å². The van der Waals surface area contributed by atoms with Gasteiger partial charge in [0.05, 0.1) is 33.9 Å². The first-order valence-electron chi connectivity index (χ1n) is 13.6. The number of nitrogens with one attached hydrogen (secondary N) is 1. The molecule has 1 aromatic heterocycles. The molecule has 1 aromatic carbocycles. The van der Waals surface area contributed by atoms with Gasteiger partial charge in [0.2, 0.25) is 12.8 Å². The van der Waals surface area contributed by atoms with E-state index in [9.17, 15) is 14.7 Å². The van der Waals surface area contributed by atoms with E-state index in [0.717, 1.165) is 0 Å². The Hall–Kier alpha value is -4.12. The van der Waals surface area contributed by atoms with E-state index in [2.05, 4.69) is 26.9 Å². The zero-order chi connectivity index (χ0) is 31.0. The normalized spacial score (nSPS) is 17.4. The third kappa shape index (κ3) is 6.84. The highest BCUT2D eigenvalue weighted by atomic mass is 35.5. The maximum atomic E-state index is 15.1. The van der Waals surface area contributed by atoms with Crippen LogP contribution in [0, 0.1) is 11.7 Å². The Balaban J connectivity index is 2.36. The number of carbonyl (C=O) groups is 2. The molecule has 0 spiro atoms. The van der Waals surface area contributed by atoms with Crippen molar-refractivity contribution in [3.63, 3.8) is 0 Å². The fourth-order valence-corrected chi connectivity index (χ4v) is 5.26. The van der Waals surface area contributed by atoms with E-state index < -0.39 is 11.9 Å². The van der Waals surface area contributed by atoms with Crippen LogP contribution in [0.5, 0.6) is 5.75 Å². The van der Waals surface area contributed by atoms with Gasteiger partial charge < -0.3 is 15.3 Å². The fourth-order valence-electron chi connectivity index (χ4n) is 5.02. The number of halogens is 2. The highest BCUT2D eigenvalue weighted by Crippen LogP contribution is 2.39. The highest BCUT2D eigenvalue weighted by molar-refractivity contribution is 6.33. The van der Waals surface area contributed by atoms with Crippen LogP contribution in [0.1, 0.15) is 39.7 Å². The van der Waals surface area contributed by atoms with Gasteiger partial charge in [-0.15, -0.1) is 6.58 Å². The fraction of sp³-hybridized carbons (Fsp3) is 0.400. The molecule has 1 aliphatic heterocycles. The van der Waals surface area contributed by atoms with Crippen LogP contribution in [0.3, 0.4) is 0 Å². The predicted octanol–water partition coefficient (Wildman–Crippen LogP) is 4.49. The van der Waals surface area contributed by atoms with Crippen LogP contribution in [-0.4, -0.2) is 84.0 Å². The van der Waals surface area contributed by atoms with Gasteiger partial charge in [0.1, 0.15) is 29.6 Å². The SMILES string of the molecule is C=CCCN(C(=NC)c1cc(Cl)c(-c2c(O)cccc2F)nc1N(C=O)C1C(C)=NC=NC1C(C)C)C(C)CNC=O. The Kier molecular flexibility index (Phi) is 11.3. The second kappa shape index (κ2) is 14.7. The molecule has 12 heteroatoms. The van der Waals surface area contributed by atoms with E-state index in [1.54, 1.807) is 26.1 Å². The lowest BCUT2D eigenvalue weighted by atomic mass is 9.91. The van der Waals surface area contributed by atoms with Crippen molar-refractivity contribution in [2.45, 2.75) is 52.2 Å². The summed E-state index contributed by atoms with van der Waals surface area (Å²) < 4.78 is 15.1. The zero-order valence-electron chi connectivity index (χ0n) is 24.5. The third-order valence-corrected chi connectivity index (χ3v) is 7.39. The molecule has 2 heterocycles. The second-order valence-electron chi connectivity index (χ2n) is 10.2. The maximum absolute atomic E-state index is 15.1. The molecule has 3 rings (SSSR count). The molecule has 224 valence electrons. The number of phenols is 1. The maximum Gasteiger partial charge on any atom is 0.216 e. The van der Waals surface area contributed by atoms with Gasteiger partial charge in [0, 0.05) is 31.9 Å². The van der Waals surface area contributed by atoms with Gasteiger partial charge in [0.15, 0.2) is 0 Å². The van der Waals surface area contributed by atoms with Crippen molar-refractivity contribution >= 4 is 48.1 Å². The lowest BCUT2D eigenvalue weighted by molar-refractivity contribution is -0.110. The van der Waals surface area contributed by atoms with Gasteiger partial charge in [-0.1, -0.05) is 37.6 Å². The summed E-state index contributed by atoms with van der Waals surface area (Å²) >= 11 is 6.75. The average molecular weight is 598 g/mol. The van der Waals surface area contributed by atoms with Gasteiger partial charge >= 0.3 is 0 Å². The molecule has 0 aliphatic carbocycles. The number of pyridine rings is 1. The van der Waals surface area contributed by atoms with E-state index in [1.807, 2.05) is 25.7 Å². The first kappa shape index (κ1) is 32.4. The Morgan fingerprint density at radius 1 is 1.31 bits per heavy atom. The van der Waals surface area contributed by atoms with Crippen molar-refractivity contribution in [1.29, 1.82) is 0 Å². The Morgan fingerprint density at radius 2 is 2.05 bits per heavy atom. The molecule has 42 heavy (non-hydrogen) atoms. The van der Waals surface area contributed by atoms with Crippen LogP contribution in [0.15, 0.2) is 51.9 Å². The molecule has 1 aliphatic rings. The molecule has 0 saturated heterocycles. The van der Waals surface area contributed by atoms with Gasteiger partial charge in [-0.3, -0.25) is 24.5 Å². The van der Waals surface area contributed by atoms with Crippen molar-refractivity contribution in [3.8, 4) is 17.0 Å². The summed E-state index contributed by atoms with van der Waals surface area (Å²) in [5.74, 6) is -0.484. The minimum absolute atomic E-state index is 0.0304. The zero-order valence-corrected chi connectivity index (χ0v) is 25.2. The van der Waals surface area contributed by atoms with E-state index in [0.29, 0.717) is 49.4 Å². The van der Waals surface area contributed by atoms with E-state index in [1.165, 1.54) is 29.4 Å². The molecule has 3 unspecified atom stereocenters. The quantitative estimate of drug-likeness (QED) is 0.152. The number of amidine groups is 1. The molecule has 2 aromatic rings. The molecule has 0 fully saturated rings. The lowest BCUT2D eigenvalue weighted by Crippen LogP contribution is -2.52. The molecular weight excluding hydrogens is 561 g/mol. The van der Waals surface area contributed by atoms with Crippen molar-refractivity contribution in [3.05, 3.63) is 53.3 Å². The Bertz CT molecular complexity index is 1370. The molecule has 2 N–H and O–H groups in total. The smallest absolute Gasteiger partial charge is 0.216 e. The lowest BCUT2D eigenvalue weighted by Gasteiger charge is -2.38. The number of rotatable bonds is 13. The van der Waals surface area contributed by atoms with Crippen LogP contribution in [0.4, 0.5) is 10.2 Å². The van der Waals surface area contributed by atoms with Crippen LogP contribution in [0.2, 0.25) is 5.02 Å². The van der Waals surface area contributed by atoms with Crippen molar-refractivity contribution in [1.82, 2.24) is 15.2 Å². The van der Waals surface area contributed by atoms with E-state index in [4.69, 9.17) is 16.6 Å². The van der Waals surface area contributed by atoms with Crippen molar-refractivity contribution in [2.24, 2.45) is 20.9 Å². The number of carbonyl (C=O) groups excluding carboxylic acids is 2.